The second-order valence-corrected chi connectivity index (χ2v) is 5.75. The molecule has 0 aliphatic carbocycles. The Labute approximate surface area is 121 Å². The third kappa shape index (κ3) is 3.45. The van der Waals surface area contributed by atoms with Crippen LogP contribution in [0.5, 0.6) is 0 Å². The van der Waals surface area contributed by atoms with Crippen molar-refractivity contribution in [2.75, 3.05) is 38.1 Å². The van der Waals surface area contributed by atoms with Gasteiger partial charge in [-0.05, 0) is 44.5 Å². The third-order valence-corrected chi connectivity index (χ3v) is 4.06. The van der Waals surface area contributed by atoms with Gasteiger partial charge in [0.1, 0.15) is 4.99 Å². The van der Waals surface area contributed by atoms with Gasteiger partial charge in [-0.25, -0.2) is 0 Å². The first kappa shape index (κ1) is 14.3. The first-order chi connectivity index (χ1) is 9.09. The smallest absolute Gasteiger partial charge is 0.106 e. The molecule has 1 aromatic carbocycles. The molecule has 1 aliphatic heterocycles. The van der Waals surface area contributed by atoms with Crippen molar-refractivity contribution < 1.29 is 0 Å². The average Bonchev–Trinajstić information content (AvgIpc) is 2.88. The fourth-order valence-corrected chi connectivity index (χ4v) is 2.94. The van der Waals surface area contributed by atoms with E-state index in [2.05, 4.69) is 29.8 Å². The van der Waals surface area contributed by atoms with Crippen molar-refractivity contribution in [1.82, 2.24) is 4.90 Å². The van der Waals surface area contributed by atoms with E-state index >= 15 is 0 Å². The molecule has 0 bridgehead atoms. The maximum atomic E-state index is 5.83. The molecular formula is C15H23N3S. The normalized spacial score (nSPS) is 15.7. The summed E-state index contributed by atoms with van der Waals surface area (Å²) in [6.45, 7) is 6.72. The lowest BCUT2D eigenvalue weighted by Gasteiger charge is -2.26. The highest BCUT2D eigenvalue weighted by atomic mass is 32.1. The molecule has 0 spiro atoms. The highest BCUT2D eigenvalue weighted by molar-refractivity contribution is 7.80. The number of hydrogen-bond acceptors (Lipinski definition) is 3. The van der Waals surface area contributed by atoms with Gasteiger partial charge in [0.2, 0.25) is 0 Å². The first-order valence-electron chi connectivity index (χ1n) is 6.92. The third-order valence-electron chi connectivity index (χ3n) is 3.84. The minimum absolute atomic E-state index is 0.478. The van der Waals surface area contributed by atoms with E-state index in [1.165, 1.54) is 37.2 Å². The number of likely N-dealkylation sites (tertiary alicyclic amines) is 1. The second kappa shape index (κ2) is 6.35. The standard InChI is InChI=1S/C15H23N3S/c1-12-6-5-7-13(15(16)19)14(12)17(2)10-11-18-8-3-4-9-18/h5-7H,3-4,8-11H2,1-2H3,(H2,16,19). The molecule has 1 heterocycles. The van der Waals surface area contributed by atoms with E-state index in [0.29, 0.717) is 4.99 Å². The Bertz CT molecular complexity index is 453. The quantitative estimate of drug-likeness (QED) is 0.836. The van der Waals surface area contributed by atoms with Crippen LogP contribution in [0.3, 0.4) is 0 Å². The Balaban J connectivity index is 2.08. The summed E-state index contributed by atoms with van der Waals surface area (Å²) >= 11 is 5.16. The van der Waals surface area contributed by atoms with Crippen molar-refractivity contribution in [3.8, 4) is 0 Å². The van der Waals surface area contributed by atoms with Crippen LogP contribution in [0.2, 0.25) is 0 Å². The van der Waals surface area contributed by atoms with Gasteiger partial charge in [0.25, 0.3) is 0 Å². The zero-order valence-corrected chi connectivity index (χ0v) is 12.7. The molecule has 0 aromatic heterocycles. The number of nitrogens with zero attached hydrogens (tertiary/aromatic N) is 2. The molecule has 4 heteroatoms. The van der Waals surface area contributed by atoms with Crippen LogP contribution in [0, 0.1) is 6.92 Å². The number of nitrogens with two attached hydrogens (primary N) is 1. The van der Waals surface area contributed by atoms with E-state index in [1.54, 1.807) is 0 Å². The second-order valence-electron chi connectivity index (χ2n) is 5.31. The Hall–Kier alpha value is -1.13. The number of benzene rings is 1. The van der Waals surface area contributed by atoms with E-state index in [-0.39, 0.29) is 0 Å². The minimum Gasteiger partial charge on any atom is -0.389 e. The summed E-state index contributed by atoms with van der Waals surface area (Å²) in [4.78, 5) is 5.28. The number of hydrogen-bond donors (Lipinski definition) is 1. The molecule has 19 heavy (non-hydrogen) atoms. The summed E-state index contributed by atoms with van der Waals surface area (Å²) in [5, 5.41) is 0. The molecule has 3 nitrogen and oxygen atoms in total. The van der Waals surface area contributed by atoms with Crippen molar-refractivity contribution in [2.24, 2.45) is 5.73 Å². The summed E-state index contributed by atoms with van der Waals surface area (Å²) in [7, 11) is 2.13. The lowest BCUT2D eigenvalue weighted by molar-refractivity contribution is 0.346. The molecular weight excluding hydrogens is 254 g/mol. The number of para-hydroxylation sites is 1. The number of thiocarbonyl (C=S) groups is 1. The van der Waals surface area contributed by atoms with Crippen molar-refractivity contribution in [1.29, 1.82) is 0 Å². The highest BCUT2D eigenvalue weighted by Gasteiger charge is 2.15. The van der Waals surface area contributed by atoms with E-state index < -0.39 is 0 Å². The lowest BCUT2D eigenvalue weighted by Crippen LogP contribution is -2.32. The summed E-state index contributed by atoms with van der Waals surface area (Å²) in [6, 6.07) is 6.14. The van der Waals surface area contributed by atoms with Gasteiger partial charge < -0.3 is 15.5 Å². The predicted molar refractivity (Wildman–Crippen MR) is 86.0 cm³/mol. The highest BCUT2D eigenvalue weighted by Crippen LogP contribution is 2.24. The fourth-order valence-electron chi connectivity index (χ4n) is 2.77. The molecule has 1 aliphatic rings. The molecule has 0 atom stereocenters. The molecule has 0 saturated carbocycles. The summed E-state index contributed by atoms with van der Waals surface area (Å²) < 4.78 is 0. The van der Waals surface area contributed by atoms with Gasteiger partial charge in [-0.2, -0.15) is 0 Å². The molecule has 2 N–H and O–H groups in total. The zero-order chi connectivity index (χ0) is 13.8. The summed E-state index contributed by atoms with van der Waals surface area (Å²) in [5.41, 5.74) is 9.22. The van der Waals surface area contributed by atoms with Crippen LogP contribution in [0.15, 0.2) is 18.2 Å². The monoisotopic (exact) mass is 277 g/mol. The Morgan fingerprint density at radius 3 is 2.68 bits per heavy atom. The molecule has 1 saturated heterocycles. The zero-order valence-electron chi connectivity index (χ0n) is 11.9. The number of likely N-dealkylation sites (N-methyl/N-ethyl adjacent to an activating group) is 1. The van der Waals surface area contributed by atoms with Crippen molar-refractivity contribution in [3.05, 3.63) is 29.3 Å². The summed E-state index contributed by atoms with van der Waals surface area (Å²) in [5.74, 6) is 0. The van der Waals surface area contributed by atoms with Gasteiger partial charge in [-0.15, -0.1) is 0 Å². The van der Waals surface area contributed by atoms with Crippen LogP contribution in [0.4, 0.5) is 5.69 Å². The average molecular weight is 277 g/mol. The van der Waals surface area contributed by atoms with Crippen molar-refractivity contribution in [2.45, 2.75) is 19.8 Å². The van der Waals surface area contributed by atoms with Gasteiger partial charge in [-0.1, -0.05) is 24.4 Å². The Morgan fingerprint density at radius 1 is 1.37 bits per heavy atom. The van der Waals surface area contributed by atoms with Gasteiger partial charge in [-0.3, -0.25) is 0 Å². The number of aryl methyl sites for hydroxylation is 1. The van der Waals surface area contributed by atoms with Crippen molar-refractivity contribution >= 4 is 22.9 Å². The van der Waals surface area contributed by atoms with Crippen molar-refractivity contribution in [3.63, 3.8) is 0 Å². The lowest BCUT2D eigenvalue weighted by atomic mass is 10.1. The van der Waals surface area contributed by atoms with Gasteiger partial charge in [0, 0.05) is 31.4 Å². The van der Waals surface area contributed by atoms with E-state index in [0.717, 1.165) is 18.7 Å². The summed E-state index contributed by atoms with van der Waals surface area (Å²) in [6.07, 6.45) is 2.68. The molecule has 0 amide bonds. The van der Waals surface area contributed by atoms with Crippen LogP contribution < -0.4 is 10.6 Å². The van der Waals surface area contributed by atoms with Crippen LogP contribution in [0.1, 0.15) is 24.0 Å². The molecule has 0 radical (unpaired) electrons. The topological polar surface area (TPSA) is 32.5 Å². The minimum atomic E-state index is 0.478. The molecule has 1 aromatic rings. The molecule has 2 rings (SSSR count). The Morgan fingerprint density at radius 2 is 2.05 bits per heavy atom. The maximum Gasteiger partial charge on any atom is 0.106 e. The molecule has 0 unspecified atom stereocenters. The Kier molecular flexibility index (Phi) is 4.77. The van der Waals surface area contributed by atoms with Gasteiger partial charge in [0.15, 0.2) is 0 Å². The van der Waals surface area contributed by atoms with E-state index in [4.69, 9.17) is 18.0 Å². The van der Waals surface area contributed by atoms with Crippen LogP contribution in [-0.2, 0) is 0 Å². The molecule has 1 fully saturated rings. The van der Waals surface area contributed by atoms with Crippen LogP contribution in [0.25, 0.3) is 0 Å². The SMILES string of the molecule is Cc1cccc(C(N)=S)c1N(C)CCN1CCCC1. The predicted octanol–water partition coefficient (Wildman–Crippen LogP) is 2.16. The van der Waals surface area contributed by atoms with E-state index in [1.807, 2.05) is 12.1 Å². The first-order valence-corrected chi connectivity index (χ1v) is 7.33. The van der Waals surface area contributed by atoms with Crippen LogP contribution >= 0.6 is 12.2 Å². The van der Waals surface area contributed by atoms with Gasteiger partial charge in [0.05, 0.1) is 0 Å². The van der Waals surface area contributed by atoms with Crippen LogP contribution in [-0.4, -0.2) is 43.1 Å². The number of anilines is 1. The van der Waals surface area contributed by atoms with E-state index in [9.17, 15) is 0 Å². The fraction of sp³-hybridized carbons (Fsp3) is 0.533. The number of rotatable bonds is 5. The largest absolute Gasteiger partial charge is 0.389 e. The maximum absolute atomic E-state index is 5.83. The van der Waals surface area contributed by atoms with Gasteiger partial charge >= 0.3 is 0 Å². The molecule has 104 valence electrons.